The third-order valence-corrected chi connectivity index (χ3v) is 2.57. The van der Waals surface area contributed by atoms with Crippen LogP contribution in [0, 0.1) is 5.82 Å². The molecule has 0 fully saturated rings. The second-order valence-electron chi connectivity index (χ2n) is 3.93. The van der Waals surface area contributed by atoms with Gasteiger partial charge in [0.1, 0.15) is 5.82 Å². The molecule has 0 radical (unpaired) electrons. The van der Waals surface area contributed by atoms with Crippen LogP contribution in [0.25, 0.3) is 0 Å². The first-order valence-electron chi connectivity index (χ1n) is 5.42. The van der Waals surface area contributed by atoms with Gasteiger partial charge in [-0.05, 0) is 24.1 Å². The van der Waals surface area contributed by atoms with Crippen molar-refractivity contribution in [3.8, 4) is 0 Å². The lowest BCUT2D eigenvalue weighted by Crippen LogP contribution is -2.03. The largest absolute Gasteiger partial charge is 0.294 e. The van der Waals surface area contributed by atoms with Crippen molar-refractivity contribution in [3.05, 3.63) is 53.6 Å². The summed E-state index contributed by atoms with van der Waals surface area (Å²) in [5, 5.41) is 4.02. The number of hydrogen-bond donors (Lipinski definition) is 0. The number of rotatable bonds is 4. The van der Waals surface area contributed by atoms with Crippen molar-refractivity contribution in [1.29, 1.82) is 0 Å². The average Bonchev–Trinajstić information content (AvgIpc) is 2.73. The first kappa shape index (κ1) is 11.5. The van der Waals surface area contributed by atoms with E-state index < -0.39 is 5.82 Å². The van der Waals surface area contributed by atoms with Crippen molar-refractivity contribution in [1.82, 2.24) is 9.78 Å². The molecule has 2 aromatic rings. The quantitative estimate of drug-likeness (QED) is 0.758. The zero-order valence-electron chi connectivity index (χ0n) is 9.56. The Bertz CT molecular complexity index is 534. The Morgan fingerprint density at radius 2 is 2.18 bits per heavy atom. The number of halogens is 1. The summed E-state index contributed by atoms with van der Waals surface area (Å²) in [5.41, 5.74) is 1.15. The van der Waals surface area contributed by atoms with E-state index in [1.165, 1.54) is 12.1 Å². The molecule has 0 spiro atoms. The van der Waals surface area contributed by atoms with E-state index >= 15 is 0 Å². The van der Waals surface area contributed by atoms with Crippen LogP contribution in [0.5, 0.6) is 0 Å². The lowest BCUT2D eigenvalue weighted by atomic mass is 10.0. The summed E-state index contributed by atoms with van der Waals surface area (Å²) >= 11 is 0. The van der Waals surface area contributed by atoms with Crippen LogP contribution in [0.3, 0.4) is 0 Å². The van der Waals surface area contributed by atoms with Crippen LogP contribution in [0.4, 0.5) is 4.39 Å². The van der Waals surface area contributed by atoms with E-state index in [1.54, 1.807) is 23.0 Å². The lowest BCUT2D eigenvalue weighted by molar-refractivity contribution is 0.0979. The van der Waals surface area contributed by atoms with Gasteiger partial charge in [0.25, 0.3) is 0 Å². The zero-order chi connectivity index (χ0) is 12.3. The van der Waals surface area contributed by atoms with E-state index in [0.717, 1.165) is 5.56 Å². The van der Waals surface area contributed by atoms with Crippen molar-refractivity contribution < 1.29 is 9.18 Å². The first-order chi connectivity index (χ1) is 8.16. The van der Waals surface area contributed by atoms with Gasteiger partial charge in [-0.15, -0.1) is 0 Å². The molecule has 0 aliphatic heterocycles. The molecule has 1 aromatic heterocycles. The van der Waals surface area contributed by atoms with Gasteiger partial charge >= 0.3 is 0 Å². The Morgan fingerprint density at radius 3 is 2.82 bits per heavy atom. The van der Waals surface area contributed by atoms with Gasteiger partial charge in [-0.25, -0.2) is 4.39 Å². The van der Waals surface area contributed by atoms with Crippen molar-refractivity contribution in [3.63, 3.8) is 0 Å². The summed E-state index contributed by atoms with van der Waals surface area (Å²) in [6, 6.07) is 6.06. The van der Waals surface area contributed by atoms with Crippen LogP contribution in [-0.2, 0) is 13.5 Å². The summed E-state index contributed by atoms with van der Waals surface area (Å²) < 4.78 is 15.0. The van der Waals surface area contributed by atoms with Gasteiger partial charge in [0.2, 0.25) is 0 Å². The third-order valence-electron chi connectivity index (χ3n) is 2.57. The second-order valence-corrected chi connectivity index (χ2v) is 3.93. The maximum absolute atomic E-state index is 13.3. The molecule has 1 heterocycles. The minimum Gasteiger partial charge on any atom is -0.294 e. The van der Waals surface area contributed by atoms with Crippen LogP contribution in [0.2, 0.25) is 0 Å². The number of hydrogen-bond acceptors (Lipinski definition) is 2. The summed E-state index contributed by atoms with van der Waals surface area (Å²) in [5.74, 6) is -0.629. The van der Waals surface area contributed by atoms with Crippen LogP contribution in [-0.4, -0.2) is 15.6 Å². The molecular weight excluding hydrogens is 219 g/mol. The summed E-state index contributed by atoms with van der Waals surface area (Å²) in [6.45, 7) is 0. The van der Waals surface area contributed by atoms with E-state index in [2.05, 4.69) is 5.10 Å². The zero-order valence-corrected chi connectivity index (χ0v) is 9.56. The molecule has 0 N–H and O–H groups in total. The van der Waals surface area contributed by atoms with Gasteiger partial charge in [0.05, 0.1) is 11.8 Å². The number of Topliss-reactive ketones (excluding diaryl/α,β-unsaturated/α-hetero) is 1. The molecule has 0 saturated carbocycles. The summed E-state index contributed by atoms with van der Waals surface area (Å²) in [4.78, 5) is 11.8. The van der Waals surface area contributed by atoms with Gasteiger partial charge in [-0.2, -0.15) is 5.10 Å². The van der Waals surface area contributed by atoms with Gasteiger partial charge < -0.3 is 0 Å². The van der Waals surface area contributed by atoms with Crippen molar-refractivity contribution in [2.75, 3.05) is 0 Å². The minimum absolute atomic E-state index is 0.163. The topological polar surface area (TPSA) is 34.9 Å². The molecule has 4 heteroatoms. The minimum atomic E-state index is -0.455. The average molecular weight is 232 g/mol. The Labute approximate surface area is 98.9 Å². The lowest BCUT2D eigenvalue weighted by Gasteiger charge is -2.01. The standard InChI is InChI=1S/C13H13FN2O/c1-16-9-10(8-15-16)6-7-13(17)11-4-2-3-5-12(11)14/h2-5,8-9H,6-7H2,1H3. The Hall–Kier alpha value is -1.97. The molecule has 3 nitrogen and oxygen atoms in total. The predicted octanol–water partition coefficient (Wildman–Crippen LogP) is 2.37. The van der Waals surface area contributed by atoms with Gasteiger partial charge in [0, 0.05) is 19.7 Å². The molecule has 0 amide bonds. The number of benzene rings is 1. The van der Waals surface area contributed by atoms with E-state index in [1.807, 2.05) is 13.2 Å². The van der Waals surface area contributed by atoms with Crippen molar-refractivity contribution in [2.45, 2.75) is 12.8 Å². The Morgan fingerprint density at radius 1 is 1.41 bits per heavy atom. The molecule has 0 atom stereocenters. The Kier molecular flexibility index (Phi) is 3.32. The first-order valence-corrected chi connectivity index (χ1v) is 5.42. The highest BCUT2D eigenvalue weighted by Gasteiger charge is 2.10. The van der Waals surface area contributed by atoms with E-state index in [0.29, 0.717) is 12.8 Å². The fourth-order valence-corrected chi connectivity index (χ4v) is 1.68. The number of ketones is 1. The fraction of sp³-hybridized carbons (Fsp3) is 0.231. The number of aromatic nitrogens is 2. The van der Waals surface area contributed by atoms with Crippen LogP contribution in [0.1, 0.15) is 22.3 Å². The SMILES string of the molecule is Cn1cc(CCC(=O)c2ccccc2F)cn1. The number of carbonyl (C=O) groups excluding carboxylic acids is 1. The number of carbonyl (C=O) groups is 1. The van der Waals surface area contributed by atoms with E-state index in [-0.39, 0.29) is 11.3 Å². The molecule has 0 aliphatic rings. The normalized spacial score (nSPS) is 10.5. The van der Waals surface area contributed by atoms with Crippen LogP contribution < -0.4 is 0 Å². The monoisotopic (exact) mass is 232 g/mol. The maximum atomic E-state index is 13.3. The Balaban J connectivity index is 2.01. The number of nitrogens with zero attached hydrogens (tertiary/aromatic N) is 2. The molecule has 0 aliphatic carbocycles. The summed E-state index contributed by atoms with van der Waals surface area (Å²) in [7, 11) is 1.82. The fourth-order valence-electron chi connectivity index (χ4n) is 1.68. The molecule has 0 bridgehead atoms. The van der Waals surface area contributed by atoms with Crippen LogP contribution in [0.15, 0.2) is 36.7 Å². The van der Waals surface area contributed by atoms with Crippen molar-refractivity contribution in [2.24, 2.45) is 7.05 Å². The third kappa shape index (κ3) is 2.78. The molecule has 0 saturated heterocycles. The molecule has 0 unspecified atom stereocenters. The van der Waals surface area contributed by atoms with Crippen LogP contribution >= 0.6 is 0 Å². The van der Waals surface area contributed by atoms with Gasteiger partial charge in [-0.3, -0.25) is 9.48 Å². The highest BCUT2D eigenvalue weighted by atomic mass is 19.1. The number of aryl methyl sites for hydroxylation is 2. The molecule has 2 rings (SSSR count). The van der Waals surface area contributed by atoms with E-state index in [4.69, 9.17) is 0 Å². The summed E-state index contributed by atoms with van der Waals surface area (Å²) in [6.07, 6.45) is 4.46. The maximum Gasteiger partial charge on any atom is 0.166 e. The smallest absolute Gasteiger partial charge is 0.166 e. The van der Waals surface area contributed by atoms with E-state index in [9.17, 15) is 9.18 Å². The molecule has 88 valence electrons. The highest BCUT2D eigenvalue weighted by Crippen LogP contribution is 2.11. The van der Waals surface area contributed by atoms with Crippen molar-refractivity contribution >= 4 is 5.78 Å². The highest BCUT2D eigenvalue weighted by molar-refractivity contribution is 5.96. The molecular formula is C13H13FN2O. The molecule has 17 heavy (non-hydrogen) atoms. The van der Waals surface area contributed by atoms with Gasteiger partial charge in [-0.1, -0.05) is 12.1 Å². The predicted molar refractivity (Wildman–Crippen MR) is 62.3 cm³/mol. The van der Waals surface area contributed by atoms with Gasteiger partial charge in [0.15, 0.2) is 5.78 Å². The second kappa shape index (κ2) is 4.91. The molecule has 1 aromatic carbocycles.